The Labute approximate surface area is 241 Å². The van der Waals surface area contributed by atoms with Gasteiger partial charge in [0, 0.05) is 47.2 Å². The second-order valence-corrected chi connectivity index (χ2v) is 11.9. The highest BCUT2D eigenvalue weighted by atomic mass is 19.1. The summed E-state index contributed by atoms with van der Waals surface area (Å²) in [7, 11) is 0. The first-order chi connectivity index (χ1) is 20.4. The van der Waals surface area contributed by atoms with Gasteiger partial charge in [-0.15, -0.1) is 0 Å². The number of aromatic nitrogens is 6. The summed E-state index contributed by atoms with van der Waals surface area (Å²) in [5.41, 5.74) is 14.2. The Morgan fingerprint density at radius 2 is 1.98 bits per heavy atom. The van der Waals surface area contributed by atoms with Crippen molar-refractivity contribution in [3.63, 3.8) is 0 Å². The third-order valence-corrected chi connectivity index (χ3v) is 8.70. The number of carbonyl (C=O) groups excluding carboxylic acids is 1. The van der Waals surface area contributed by atoms with Crippen molar-refractivity contribution < 1.29 is 9.18 Å². The normalized spacial score (nSPS) is 19.4. The Kier molecular flexibility index (Phi) is 5.68. The maximum atomic E-state index is 14.1. The topological polar surface area (TPSA) is 110 Å². The molecule has 1 saturated carbocycles. The minimum atomic E-state index is -1.10. The molecule has 1 aliphatic heterocycles. The van der Waals surface area contributed by atoms with E-state index in [0.717, 1.165) is 62.2 Å². The molecule has 2 atom stereocenters. The van der Waals surface area contributed by atoms with Crippen LogP contribution in [-0.4, -0.2) is 65.5 Å². The van der Waals surface area contributed by atoms with Gasteiger partial charge in [0.2, 0.25) is 0 Å². The van der Waals surface area contributed by atoms with Crippen LogP contribution in [0.2, 0.25) is 0 Å². The fraction of sp³-hybridized carbons (Fsp3) is 0.312. The van der Waals surface area contributed by atoms with Gasteiger partial charge in [-0.2, -0.15) is 10.2 Å². The van der Waals surface area contributed by atoms with Gasteiger partial charge in [0.25, 0.3) is 5.91 Å². The molecule has 6 heterocycles. The summed E-state index contributed by atoms with van der Waals surface area (Å²) in [6.07, 6.45) is 5.19. The first-order valence-corrected chi connectivity index (χ1v) is 14.5. The Morgan fingerprint density at radius 1 is 1.10 bits per heavy atom. The zero-order valence-corrected chi connectivity index (χ0v) is 23.3. The molecule has 5 aromatic heterocycles. The summed E-state index contributed by atoms with van der Waals surface area (Å²) in [4.78, 5) is 19.9. The molecule has 1 saturated heterocycles. The number of carbonyl (C=O) groups is 1. The van der Waals surface area contributed by atoms with Gasteiger partial charge >= 0.3 is 0 Å². The van der Waals surface area contributed by atoms with Crippen molar-refractivity contribution in [3.05, 3.63) is 72.1 Å². The molecule has 0 unspecified atom stereocenters. The Bertz CT molecular complexity index is 1990. The summed E-state index contributed by atoms with van der Waals surface area (Å²) >= 11 is 0. The first-order valence-electron chi connectivity index (χ1n) is 14.5. The van der Waals surface area contributed by atoms with Crippen molar-refractivity contribution in [1.29, 1.82) is 0 Å². The largest absolute Gasteiger partial charge is 0.334 e. The fourth-order valence-corrected chi connectivity index (χ4v) is 6.30. The van der Waals surface area contributed by atoms with Gasteiger partial charge in [0.05, 0.1) is 40.7 Å². The third kappa shape index (κ3) is 4.25. The summed E-state index contributed by atoms with van der Waals surface area (Å²) in [6.45, 7) is 3.37. The Hall–Kier alpha value is -4.57. The van der Waals surface area contributed by atoms with Crippen molar-refractivity contribution >= 4 is 33.4 Å². The summed E-state index contributed by atoms with van der Waals surface area (Å²) < 4.78 is 18.2. The molecule has 0 bridgehead atoms. The zero-order chi connectivity index (χ0) is 28.5. The highest BCUT2D eigenvalue weighted by Gasteiger charge is 2.30. The first kappa shape index (κ1) is 25.2. The lowest BCUT2D eigenvalue weighted by Gasteiger charge is -2.32. The number of benzene rings is 1. The van der Waals surface area contributed by atoms with Gasteiger partial charge < -0.3 is 15.2 Å². The molecule has 6 aromatic rings. The van der Waals surface area contributed by atoms with Gasteiger partial charge in [-0.05, 0) is 74.6 Å². The number of alkyl halides is 1. The number of fused-ring (bicyclic) bond motifs is 3. The number of hydrogen-bond donors (Lipinski definition) is 2. The zero-order valence-electron chi connectivity index (χ0n) is 23.3. The average Bonchev–Trinajstić information content (AvgIpc) is 3.41. The molecule has 3 N–H and O–H groups in total. The predicted octanol–water partition coefficient (Wildman–Crippen LogP) is 5.12. The number of aromatic amines is 1. The summed E-state index contributed by atoms with van der Waals surface area (Å²) in [6, 6.07) is 16.0. The highest BCUT2D eigenvalue weighted by Crippen LogP contribution is 2.37. The molecule has 1 aromatic carbocycles. The lowest BCUT2D eigenvalue weighted by molar-refractivity contribution is 0.0606. The molecule has 212 valence electrons. The standard InChI is InChI=1S/C32H31FN8O/c1-18-28-9-6-22(32(42)39-16-24(33)12-25(34)17-39)15-41(28)38-30(18)29-11-21-5-7-26(36-31(21)40(29)14-19-2-3-19)20-4-8-27-23(10-20)13-35-37-27/h4-11,13,15,19,24-25H,2-3,12,14,16-17,34H2,1H3,(H,35,37)/t24-,25-/m1/s1. The van der Waals surface area contributed by atoms with Crippen molar-refractivity contribution in [1.82, 2.24) is 34.3 Å². The second kappa shape index (κ2) is 9.49. The number of nitrogens with one attached hydrogen (secondary N) is 1. The molecule has 2 aliphatic rings. The van der Waals surface area contributed by atoms with E-state index in [2.05, 4.69) is 52.0 Å². The van der Waals surface area contributed by atoms with Gasteiger partial charge in [-0.3, -0.25) is 9.89 Å². The van der Waals surface area contributed by atoms with Crippen LogP contribution < -0.4 is 5.73 Å². The molecule has 0 radical (unpaired) electrons. The number of pyridine rings is 2. The SMILES string of the molecule is Cc1c(-c2cc3ccc(-c4ccc5[nH]ncc5c4)nc3n2CC2CC2)nn2cc(C(=O)N3C[C@H](N)C[C@@H](F)C3)ccc12. The Morgan fingerprint density at radius 3 is 2.81 bits per heavy atom. The van der Waals surface area contributed by atoms with E-state index in [0.29, 0.717) is 18.0 Å². The molecule has 2 fully saturated rings. The lowest BCUT2D eigenvalue weighted by Crippen LogP contribution is -2.50. The van der Waals surface area contributed by atoms with Crippen LogP contribution in [0, 0.1) is 12.8 Å². The van der Waals surface area contributed by atoms with Crippen molar-refractivity contribution in [2.75, 3.05) is 13.1 Å². The number of rotatable bonds is 5. The third-order valence-electron chi connectivity index (χ3n) is 8.70. The van der Waals surface area contributed by atoms with E-state index in [4.69, 9.17) is 15.8 Å². The van der Waals surface area contributed by atoms with Crippen molar-refractivity contribution in [2.45, 2.75) is 44.9 Å². The maximum Gasteiger partial charge on any atom is 0.255 e. The highest BCUT2D eigenvalue weighted by molar-refractivity contribution is 5.95. The number of likely N-dealkylation sites (tertiary alicyclic amines) is 1. The molecular formula is C32H31FN8O. The van der Waals surface area contributed by atoms with E-state index in [-0.39, 0.29) is 24.9 Å². The van der Waals surface area contributed by atoms with Gasteiger partial charge in [-0.1, -0.05) is 6.07 Å². The van der Waals surface area contributed by atoms with Crippen LogP contribution in [0.4, 0.5) is 4.39 Å². The molecular weight excluding hydrogens is 531 g/mol. The summed E-state index contributed by atoms with van der Waals surface area (Å²) in [5, 5.41) is 14.3. The van der Waals surface area contributed by atoms with Crippen LogP contribution in [0.1, 0.15) is 35.2 Å². The van der Waals surface area contributed by atoms with Crippen LogP contribution in [0.25, 0.3) is 50.1 Å². The molecule has 42 heavy (non-hydrogen) atoms. The van der Waals surface area contributed by atoms with Crippen LogP contribution in [0.5, 0.6) is 0 Å². The average molecular weight is 563 g/mol. The van der Waals surface area contributed by atoms with E-state index < -0.39 is 6.17 Å². The van der Waals surface area contributed by atoms with Crippen LogP contribution in [-0.2, 0) is 6.54 Å². The number of H-pyrrole nitrogens is 1. The number of halogens is 1. The van der Waals surface area contributed by atoms with E-state index in [1.165, 1.54) is 17.7 Å². The van der Waals surface area contributed by atoms with E-state index in [9.17, 15) is 9.18 Å². The minimum absolute atomic E-state index is 0.0696. The Balaban J connectivity index is 1.20. The number of nitrogens with zero attached hydrogens (tertiary/aromatic N) is 6. The van der Waals surface area contributed by atoms with Crippen molar-refractivity contribution in [2.24, 2.45) is 11.7 Å². The molecule has 0 spiro atoms. The predicted molar refractivity (Wildman–Crippen MR) is 160 cm³/mol. The van der Waals surface area contributed by atoms with Crippen LogP contribution in [0.15, 0.2) is 60.9 Å². The van der Waals surface area contributed by atoms with Crippen LogP contribution >= 0.6 is 0 Å². The number of aryl methyl sites for hydroxylation is 1. The smallest absolute Gasteiger partial charge is 0.255 e. The number of nitrogens with two attached hydrogens (primary N) is 1. The van der Waals surface area contributed by atoms with Gasteiger partial charge in [0.1, 0.15) is 17.5 Å². The lowest BCUT2D eigenvalue weighted by atomic mass is 10.0. The monoisotopic (exact) mass is 562 g/mol. The van der Waals surface area contributed by atoms with Crippen LogP contribution in [0.3, 0.4) is 0 Å². The number of hydrogen-bond acceptors (Lipinski definition) is 5. The number of amides is 1. The molecule has 8 rings (SSSR count). The fourth-order valence-electron chi connectivity index (χ4n) is 6.30. The quantitative estimate of drug-likeness (QED) is 0.303. The summed E-state index contributed by atoms with van der Waals surface area (Å²) in [5.74, 6) is 0.404. The molecule has 1 amide bonds. The number of piperidine rings is 1. The molecule has 10 heteroatoms. The molecule has 1 aliphatic carbocycles. The second-order valence-electron chi connectivity index (χ2n) is 11.9. The van der Waals surface area contributed by atoms with Gasteiger partial charge in [0.15, 0.2) is 0 Å². The minimum Gasteiger partial charge on any atom is -0.334 e. The van der Waals surface area contributed by atoms with E-state index in [1.807, 2.05) is 18.3 Å². The molecule has 9 nitrogen and oxygen atoms in total. The van der Waals surface area contributed by atoms with Gasteiger partial charge in [-0.25, -0.2) is 13.9 Å². The maximum absolute atomic E-state index is 14.1. The van der Waals surface area contributed by atoms with Crippen molar-refractivity contribution in [3.8, 4) is 22.6 Å². The van der Waals surface area contributed by atoms with E-state index >= 15 is 0 Å². The van der Waals surface area contributed by atoms with E-state index in [1.54, 1.807) is 16.8 Å².